The van der Waals surface area contributed by atoms with Crippen molar-refractivity contribution in [3.63, 3.8) is 0 Å². The van der Waals surface area contributed by atoms with Gasteiger partial charge in [-0.2, -0.15) is 0 Å². The highest BCUT2D eigenvalue weighted by molar-refractivity contribution is 9.10. The fourth-order valence-corrected chi connectivity index (χ4v) is 3.28. The molecule has 110 valence electrons. The minimum absolute atomic E-state index is 0.168. The lowest BCUT2D eigenvalue weighted by Crippen LogP contribution is -2.08. The van der Waals surface area contributed by atoms with Crippen LogP contribution in [0.2, 0.25) is 10.0 Å². The predicted octanol–water partition coefficient (Wildman–Crippen LogP) is 5.61. The third kappa shape index (κ3) is 3.25. The van der Waals surface area contributed by atoms with E-state index in [2.05, 4.69) is 15.9 Å². The van der Waals surface area contributed by atoms with E-state index in [1.807, 2.05) is 19.9 Å². The Hall–Kier alpha value is -1.03. The van der Waals surface area contributed by atoms with Crippen LogP contribution >= 0.6 is 39.1 Å². The van der Waals surface area contributed by atoms with E-state index in [-0.39, 0.29) is 5.78 Å². The van der Waals surface area contributed by atoms with Gasteiger partial charge in [0.1, 0.15) is 5.75 Å². The average molecular weight is 388 g/mol. The van der Waals surface area contributed by atoms with Crippen LogP contribution in [-0.4, -0.2) is 12.9 Å². The van der Waals surface area contributed by atoms with Crippen molar-refractivity contribution in [2.75, 3.05) is 7.11 Å². The lowest BCUT2D eigenvalue weighted by molar-refractivity contribution is 0.103. The van der Waals surface area contributed by atoms with E-state index in [4.69, 9.17) is 27.9 Å². The van der Waals surface area contributed by atoms with Gasteiger partial charge in [-0.15, -0.1) is 0 Å². The van der Waals surface area contributed by atoms with Crippen molar-refractivity contribution in [1.82, 2.24) is 0 Å². The molecule has 0 atom stereocenters. The van der Waals surface area contributed by atoms with Gasteiger partial charge in [-0.3, -0.25) is 4.79 Å². The number of benzene rings is 2. The van der Waals surface area contributed by atoms with Crippen molar-refractivity contribution >= 4 is 44.9 Å². The number of ketones is 1. The number of carbonyl (C=O) groups is 1. The molecule has 0 heterocycles. The second kappa shape index (κ2) is 6.39. The summed E-state index contributed by atoms with van der Waals surface area (Å²) in [6.45, 7) is 3.76. The normalized spacial score (nSPS) is 10.6. The second-order valence-corrected chi connectivity index (χ2v) is 6.42. The van der Waals surface area contributed by atoms with E-state index in [1.165, 1.54) is 0 Å². The molecule has 0 N–H and O–H groups in total. The van der Waals surface area contributed by atoms with Gasteiger partial charge in [-0.25, -0.2) is 0 Å². The van der Waals surface area contributed by atoms with Crippen molar-refractivity contribution in [3.05, 3.63) is 61.0 Å². The zero-order chi connectivity index (χ0) is 15.7. The first-order valence-corrected chi connectivity index (χ1v) is 7.74. The van der Waals surface area contributed by atoms with E-state index < -0.39 is 0 Å². The van der Waals surface area contributed by atoms with Crippen LogP contribution in [0.1, 0.15) is 27.0 Å². The molecule has 0 unspecified atom stereocenters. The lowest BCUT2D eigenvalue weighted by atomic mass is 9.96. The molecule has 0 bridgehead atoms. The van der Waals surface area contributed by atoms with Crippen LogP contribution < -0.4 is 4.74 Å². The van der Waals surface area contributed by atoms with E-state index in [0.29, 0.717) is 26.9 Å². The van der Waals surface area contributed by atoms with Gasteiger partial charge in [0, 0.05) is 20.1 Å². The lowest BCUT2D eigenvalue weighted by Gasteiger charge is -2.15. The summed E-state index contributed by atoms with van der Waals surface area (Å²) in [5.74, 6) is 0.398. The van der Waals surface area contributed by atoms with Gasteiger partial charge in [0.05, 0.1) is 12.7 Å². The molecule has 0 aliphatic carbocycles. The highest BCUT2D eigenvalue weighted by Gasteiger charge is 2.21. The van der Waals surface area contributed by atoms with E-state index in [0.717, 1.165) is 15.6 Å². The minimum atomic E-state index is -0.168. The Morgan fingerprint density at radius 2 is 1.67 bits per heavy atom. The van der Waals surface area contributed by atoms with Crippen molar-refractivity contribution in [3.8, 4) is 5.75 Å². The number of halogens is 3. The van der Waals surface area contributed by atoms with Gasteiger partial charge in [0.2, 0.25) is 0 Å². The molecule has 2 rings (SSSR count). The van der Waals surface area contributed by atoms with Gasteiger partial charge < -0.3 is 4.74 Å². The first-order valence-electron chi connectivity index (χ1n) is 6.19. The number of methoxy groups -OCH3 is 1. The zero-order valence-electron chi connectivity index (χ0n) is 11.8. The maximum atomic E-state index is 12.8. The van der Waals surface area contributed by atoms with Gasteiger partial charge in [-0.1, -0.05) is 39.1 Å². The Balaban J connectivity index is 2.68. The fraction of sp³-hybridized carbons (Fsp3) is 0.188. The summed E-state index contributed by atoms with van der Waals surface area (Å²) >= 11 is 15.4. The summed E-state index contributed by atoms with van der Waals surface area (Å²) < 4.78 is 6.27. The first kappa shape index (κ1) is 16.3. The number of hydrogen-bond donors (Lipinski definition) is 0. The Morgan fingerprint density at radius 1 is 1.10 bits per heavy atom. The summed E-state index contributed by atoms with van der Waals surface area (Å²) in [6.07, 6.45) is 0. The van der Waals surface area contributed by atoms with Crippen molar-refractivity contribution in [2.24, 2.45) is 0 Å². The molecule has 2 nitrogen and oxygen atoms in total. The van der Waals surface area contributed by atoms with Crippen LogP contribution in [0.25, 0.3) is 0 Å². The molecule has 0 aliphatic rings. The highest BCUT2D eigenvalue weighted by atomic mass is 79.9. The third-order valence-corrected chi connectivity index (χ3v) is 4.48. The third-order valence-electron chi connectivity index (χ3n) is 3.22. The molecule has 0 radical (unpaired) electrons. The molecule has 0 saturated heterocycles. The van der Waals surface area contributed by atoms with Gasteiger partial charge in [-0.05, 0) is 49.2 Å². The number of rotatable bonds is 3. The molecule has 0 spiro atoms. The van der Waals surface area contributed by atoms with Gasteiger partial charge in [0.15, 0.2) is 5.78 Å². The van der Waals surface area contributed by atoms with Crippen LogP contribution in [0.5, 0.6) is 5.75 Å². The quantitative estimate of drug-likeness (QED) is 0.639. The molecule has 2 aromatic rings. The number of carbonyl (C=O) groups excluding carboxylic acids is 1. The van der Waals surface area contributed by atoms with Crippen molar-refractivity contribution in [1.29, 1.82) is 0 Å². The molecule has 0 saturated carbocycles. The van der Waals surface area contributed by atoms with Crippen LogP contribution in [0.15, 0.2) is 28.7 Å². The largest absolute Gasteiger partial charge is 0.496 e. The van der Waals surface area contributed by atoms with E-state index >= 15 is 0 Å². The fourth-order valence-electron chi connectivity index (χ4n) is 2.22. The van der Waals surface area contributed by atoms with Crippen LogP contribution in [0.4, 0.5) is 0 Å². The smallest absolute Gasteiger partial charge is 0.197 e. The molecule has 0 amide bonds. The molecule has 5 heteroatoms. The standard InChI is InChI=1S/C16H13BrCl2O2/c1-8-4-13(17)9(2)14(16(8)21-3)15(20)10-5-11(18)7-12(19)6-10/h4-7H,1-3H3. The van der Waals surface area contributed by atoms with E-state index in [9.17, 15) is 4.79 Å². The zero-order valence-corrected chi connectivity index (χ0v) is 14.9. The molecule has 0 fully saturated rings. The summed E-state index contributed by atoms with van der Waals surface area (Å²) in [7, 11) is 1.55. The van der Waals surface area contributed by atoms with Crippen molar-refractivity contribution < 1.29 is 9.53 Å². The van der Waals surface area contributed by atoms with Crippen LogP contribution in [-0.2, 0) is 0 Å². The topological polar surface area (TPSA) is 26.3 Å². The van der Waals surface area contributed by atoms with Crippen LogP contribution in [0.3, 0.4) is 0 Å². The summed E-state index contributed by atoms with van der Waals surface area (Å²) in [5.41, 5.74) is 2.65. The average Bonchev–Trinajstić information content (AvgIpc) is 2.40. The number of ether oxygens (including phenoxy) is 1. The van der Waals surface area contributed by atoms with Crippen molar-refractivity contribution in [2.45, 2.75) is 13.8 Å². The molecule has 0 aromatic heterocycles. The Morgan fingerprint density at radius 3 is 2.19 bits per heavy atom. The Kier molecular flexibility index (Phi) is 4.97. The number of aryl methyl sites for hydroxylation is 1. The van der Waals surface area contributed by atoms with Gasteiger partial charge in [0.25, 0.3) is 0 Å². The maximum Gasteiger partial charge on any atom is 0.197 e. The Labute approximate surface area is 142 Å². The molecule has 2 aromatic carbocycles. The molecule has 21 heavy (non-hydrogen) atoms. The highest BCUT2D eigenvalue weighted by Crippen LogP contribution is 2.34. The molecular formula is C16H13BrCl2O2. The monoisotopic (exact) mass is 386 g/mol. The minimum Gasteiger partial charge on any atom is -0.496 e. The molecule has 0 aliphatic heterocycles. The Bertz CT molecular complexity index is 706. The summed E-state index contributed by atoms with van der Waals surface area (Å²) in [6, 6.07) is 6.72. The van der Waals surface area contributed by atoms with Crippen LogP contribution in [0, 0.1) is 13.8 Å². The number of hydrogen-bond acceptors (Lipinski definition) is 2. The second-order valence-electron chi connectivity index (χ2n) is 4.70. The predicted molar refractivity (Wildman–Crippen MR) is 90.1 cm³/mol. The summed E-state index contributed by atoms with van der Waals surface area (Å²) in [5, 5.41) is 0.850. The van der Waals surface area contributed by atoms with Gasteiger partial charge >= 0.3 is 0 Å². The first-order chi connectivity index (χ1) is 9.85. The molecular weight excluding hydrogens is 375 g/mol. The SMILES string of the molecule is COc1c(C)cc(Br)c(C)c1C(=O)c1cc(Cl)cc(Cl)c1. The maximum absolute atomic E-state index is 12.8. The van der Waals surface area contributed by atoms with E-state index in [1.54, 1.807) is 25.3 Å². The summed E-state index contributed by atoms with van der Waals surface area (Å²) in [4.78, 5) is 12.8.